The maximum absolute atomic E-state index is 13.7. The number of aliphatic imine (C=N–C) groups is 1. The van der Waals surface area contributed by atoms with Crippen molar-refractivity contribution >= 4 is 17.6 Å². The molecule has 0 bridgehead atoms. The first-order chi connectivity index (χ1) is 9.52. The van der Waals surface area contributed by atoms with Gasteiger partial charge in [0.2, 0.25) is 0 Å². The van der Waals surface area contributed by atoms with Gasteiger partial charge in [-0.05, 0) is 44.5 Å². The molecule has 0 unspecified atom stereocenters. The highest BCUT2D eigenvalue weighted by molar-refractivity contribution is 5.63. The van der Waals surface area contributed by atoms with E-state index in [1.165, 1.54) is 6.07 Å². The average molecular weight is 272 g/mol. The Balaban J connectivity index is 2.35. The lowest BCUT2D eigenvalue weighted by atomic mass is 10.1. The number of anilines is 1. The summed E-state index contributed by atoms with van der Waals surface area (Å²) in [4.78, 5) is 4.26. The molecule has 3 nitrogen and oxygen atoms in total. The van der Waals surface area contributed by atoms with Crippen LogP contribution in [0.3, 0.4) is 0 Å². The molecule has 2 aromatic rings. The third-order valence-corrected chi connectivity index (χ3v) is 3.04. The second-order valence-electron chi connectivity index (χ2n) is 4.53. The Morgan fingerprint density at radius 2 is 1.95 bits per heavy atom. The molecule has 0 aromatic heterocycles. The normalized spacial score (nSPS) is 11.0. The van der Waals surface area contributed by atoms with Crippen molar-refractivity contribution in [3.05, 3.63) is 47.3 Å². The molecule has 0 radical (unpaired) electrons. The van der Waals surface area contributed by atoms with Crippen molar-refractivity contribution < 1.29 is 9.13 Å². The third-order valence-electron chi connectivity index (χ3n) is 3.04. The number of ether oxygens (including phenoxy) is 1. The lowest BCUT2D eigenvalue weighted by Crippen LogP contribution is -1.96. The first-order valence-corrected chi connectivity index (χ1v) is 6.34. The Labute approximate surface area is 117 Å². The maximum Gasteiger partial charge on any atom is 0.152 e. The van der Waals surface area contributed by atoms with Gasteiger partial charge in [-0.3, -0.25) is 4.99 Å². The average Bonchev–Trinajstić information content (AvgIpc) is 2.43. The highest BCUT2D eigenvalue weighted by atomic mass is 19.1. The van der Waals surface area contributed by atoms with Crippen molar-refractivity contribution in [2.45, 2.75) is 20.8 Å². The van der Waals surface area contributed by atoms with Gasteiger partial charge in [-0.15, -0.1) is 0 Å². The van der Waals surface area contributed by atoms with Crippen LogP contribution in [-0.2, 0) is 0 Å². The monoisotopic (exact) mass is 272 g/mol. The molecule has 2 aromatic carbocycles. The Kier molecular flexibility index (Phi) is 4.03. The van der Waals surface area contributed by atoms with E-state index in [-0.39, 0.29) is 5.69 Å². The molecule has 20 heavy (non-hydrogen) atoms. The van der Waals surface area contributed by atoms with E-state index in [1.54, 1.807) is 19.2 Å². The number of halogens is 1. The maximum atomic E-state index is 13.7. The lowest BCUT2D eigenvalue weighted by molar-refractivity contribution is 0.472. The Morgan fingerprint density at radius 3 is 2.65 bits per heavy atom. The minimum absolute atomic E-state index is 0.120. The molecule has 0 aliphatic carbocycles. The number of rotatable bonds is 3. The van der Waals surface area contributed by atoms with E-state index in [9.17, 15) is 4.39 Å². The van der Waals surface area contributed by atoms with Crippen LogP contribution < -0.4 is 10.5 Å². The minimum atomic E-state index is -0.443. The van der Waals surface area contributed by atoms with E-state index in [4.69, 9.17) is 10.5 Å². The number of benzene rings is 2. The number of aryl methyl sites for hydroxylation is 1. The third kappa shape index (κ3) is 2.79. The molecule has 0 aliphatic rings. The van der Waals surface area contributed by atoms with E-state index in [2.05, 4.69) is 4.99 Å². The molecule has 104 valence electrons. The number of nitrogens with two attached hydrogens (primary N) is 1. The molecule has 0 spiro atoms. The fourth-order valence-electron chi connectivity index (χ4n) is 1.86. The topological polar surface area (TPSA) is 47.6 Å². The first-order valence-electron chi connectivity index (χ1n) is 6.34. The van der Waals surface area contributed by atoms with Crippen LogP contribution in [0, 0.1) is 19.7 Å². The minimum Gasteiger partial charge on any atom is -0.457 e. The largest absolute Gasteiger partial charge is 0.457 e. The van der Waals surface area contributed by atoms with Gasteiger partial charge in [-0.25, -0.2) is 4.39 Å². The summed E-state index contributed by atoms with van der Waals surface area (Å²) in [6.45, 7) is 5.47. The van der Waals surface area contributed by atoms with Crippen LogP contribution in [0.5, 0.6) is 11.5 Å². The SMILES string of the molecule is C/C=N\c1cc(Oc2ccc(N)c(F)c2C)ccc1C. The van der Waals surface area contributed by atoms with Crippen molar-refractivity contribution in [1.82, 2.24) is 0 Å². The van der Waals surface area contributed by atoms with Gasteiger partial charge in [0.05, 0.1) is 11.4 Å². The molecule has 0 fully saturated rings. The summed E-state index contributed by atoms with van der Waals surface area (Å²) in [5, 5.41) is 0. The molecule has 0 amide bonds. The summed E-state index contributed by atoms with van der Waals surface area (Å²) in [5.41, 5.74) is 7.92. The second kappa shape index (κ2) is 5.74. The summed E-state index contributed by atoms with van der Waals surface area (Å²) in [7, 11) is 0. The standard InChI is InChI=1S/C16H17FN2O/c1-4-19-14-9-12(6-5-10(14)2)20-15-8-7-13(18)16(17)11(15)3/h4-9H,18H2,1-3H3/b19-4-. The molecular formula is C16H17FN2O. The summed E-state index contributed by atoms with van der Waals surface area (Å²) < 4.78 is 19.4. The summed E-state index contributed by atoms with van der Waals surface area (Å²) in [6.07, 6.45) is 1.72. The molecule has 0 atom stereocenters. The van der Waals surface area contributed by atoms with Gasteiger partial charge in [0.15, 0.2) is 5.82 Å². The van der Waals surface area contributed by atoms with Crippen LogP contribution in [0.15, 0.2) is 35.3 Å². The molecule has 0 aliphatic heterocycles. The molecule has 0 saturated heterocycles. The fraction of sp³-hybridized carbons (Fsp3) is 0.188. The Bertz CT molecular complexity index is 666. The lowest BCUT2D eigenvalue weighted by Gasteiger charge is -2.11. The van der Waals surface area contributed by atoms with Gasteiger partial charge in [0.1, 0.15) is 11.5 Å². The predicted molar refractivity (Wildman–Crippen MR) is 80.6 cm³/mol. The van der Waals surface area contributed by atoms with Crippen LogP contribution in [0.4, 0.5) is 15.8 Å². The zero-order chi connectivity index (χ0) is 14.7. The number of hydrogen-bond acceptors (Lipinski definition) is 3. The van der Waals surface area contributed by atoms with Crippen LogP contribution >= 0.6 is 0 Å². The second-order valence-corrected chi connectivity index (χ2v) is 4.53. The van der Waals surface area contributed by atoms with Gasteiger partial charge >= 0.3 is 0 Å². The highest BCUT2D eigenvalue weighted by Crippen LogP contribution is 2.32. The quantitative estimate of drug-likeness (QED) is 0.658. The zero-order valence-corrected chi connectivity index (χ0v) is 11.8. The van der Waals surface area contributed by atoms with Crippen LogP contribution in [-0.4, -0.2) is 6.21 Å². The smallest absolute Gasteiger partial charge is 0.152 e. The predicted octanol–water partition coefficient (Wildman–Crippen LogP) is 4.54. The van der Waals surface area contributed by atoms with E-state index in [0.717, 1.165) is 11.3 Å². The molecule has 2 rings (SSSR count). The number of nitrogens with zero attached hydrogens (tertiary/aromatic N) is 1. The van der Waals surface area contributed by atoms with E-state index in [1.807, 2.05) is 32.0 Å². The van der Waals surface area contributed by atoms with E-state index >= 15 is 0 Å². The zero-order valence-electron chi connectivity index (χ0n) is 11.8. The van der Waals surface area contributed by atoms with Gasteiger partial charge in [0.25, 0.3) is 0 Å². The van der Waals surface area contributed by atoms with Gasteiger partial charge in [-0.1, -0.05) is 6.07 Å². The molecule has 0 saturated carbocycles. The van der Waals surface area contributed by atoms with Crippen molar-refractivity contribution in [3.63, 3.8) is 0 Å². The van der Waals surface area contributed by atoms with Gasteiger partial charge < -0.3 is 10.5 Å². The van der Waals surface area contributed by atoms with Crippen molar-refractivity contribution in [2.75, 3.05) is 5.73 Å². The fourth-order valence-corrected chi connectivity index (χ4v) is 1.86. The highest BCUT2D eigenvalue weighted by Gasteiger charge is 2.10. The molecular weight excluding hydrogens is 255 g/mol. The van der Waals surface area contributed by atoms with Crippen LogP contribution in [0.2, 0.25) is 0 Å². The Morgan fingerprint density at radius 1 is 1.20 bits per heavy atom. The van der Waals surface area contributed by atoms with E-state index in [0.29, 0.717) is 17.1 Å². The van der Waals surface area contributed by atoms with Crippen LogP contribution in [0.1, 0.15) is 18.1 Å². The molecule has 0 heterocycles. The number of nitrogen functional groups attached to an aromatic ring is 1. The van der Waals surface area contributed by atoms with Gasteiger partial charge in [0, 0.05) is 17.8 Å². The van der Waals surface area contributed by atoms with Crippen molar-refractivity contribution in [2.24, 2.45) is 4.99 Å². The van der Waals surface area contributed by atoms with Crippen molar-refractivity contribution in [1.29, 1.82) is 0 Å². The molecule has 2 N–H and O–H groups in total. The van der Waals surface area contributed by atoms with Gasteiger partial charge in [-0.2, -0.15) is 0 Å². The molecule has 4 heteroatoms. The van der Waals surface area contributed by atoms with Crippen LogP contribution in [0.25, 0.3) is 0 Å². The summed E-state index contributed by atoms with van der Waals surface area (Å²) in [6, 6.07) is 8.73. The summed E-state index contributed by atoms with van der Waals surface area (Å²) in [5.74, 6) is 0.622. The Hall–Kier alpha value is -2.36. The summed E-state index contributed by atoms with van der Waals surface area (Å²) >= 11 is 0. The number of hydrogen-bond donors (Lipinski definition) is 1. The first kappa shape index (κ1) is 14.1. The van der Waals surface area contributed by atoms with Crippen molar-refractivity contribution in [3.8, 4) is 11.5 Å². The van der Waals surface area contributed by atoms with E-state index < -0.39 is 5.82 Å².